The van der Waals surface area contributed by atoms with Crippen LogP contribution in [0.5, 0.6) is 0 Å². The zero-order valence-corrected chi connectivity index (χ0v) is 12.6. The lowest BCUT2D eigenvalue weighted by Gasteiger charge is -2.09. The number of anilines is 1. The summed E-state index contributed by atoms with van der Waals surface area (Å²) in [5, 5.41) is 9.92. The van der Waals surface area contributed by atoms with Gasteiger partial charge in [-0.15, -0.1) is 0 Å². The van der Waals surface area contributed by atoms with Crippen molar-refractivity contribution in [3.63, 3.8) is 0 Å². The molecule has 0 bridgehead atoms. The third kappa shape index (κ3) is 2.76. The van der Waals surface area contributed by atoms with Crippen LogP contribution >= 0.6 is 0 Å². The van der Waals surface area contributed by atoms with E-state index >= 15 is 0 Å². The third-order valence-corrected chi connectivity index (χ3v) is 3.74. The van der Waals surface area contributed by atoms with Gasteiger partial charge >= 0.3 is 0 Å². The number of nitrogens with one attached hydrogen (secondary N) is 2. The summed E-state index contributed by atoms with van der Waals surface area (Å²) in [7, 11) is 0. The average Bonchev–Trinajstić information content (AvgIpc) is 3.03. The number of benzene rings is 2. The van der Waals surface area contributed by atoms with Gasteiger partial charge in [0.2, 0.25) is 0 Å². The Kier molecular flexibility index (Phi) is 3.74. The van der Waals surface area contributed by atoms with Crippen LogP contribution in [0.2, 0.25) is 0 Å². The summed E-state index contributed by atoms with van der Waals surface area (Å²) in [6, 6.07) is 17.4. The molecule has 1 heterocycles. The summed E-state index contributed by atoms with van der Waals surface area (Å²) in [5.74, 6) is -0.191. The van der Waals surface area contributed by atoms with Crippen LogP contribution in [0.25, 0.3) is 11.3 Å². The Morgan fingerprint density at radius 2 is 1.82 bits per heavy atom. The number of carbonyl (C=O) groups excluding carboxylic acids is 1. The highest BCUT2D eigenvalue weighted by molar-refractivity contribution is 6.03. The van der Waals surface area contributed by atoms with Gasteiger partial charge in [-0.3, -0.25) is 9.89 Å². The van der Waals surface area contributed by atoms with Crippen LogP contribution in [-0.4, -0.2) is 16.1 Å². The molecule has 22 heavy (non-hydrogen) atoms. The van der Waals surface area contributed by atoms with Gasteiger partial charge in [0.15, 0.2) is 0 Å². The molecular weight excluding hydrogens is 274 g/mol. The van der Waals surface area contributed by atoms with E-state index in [1.807, 2.05) is 62.4 Å². The van der Waals surface area contributed by atoms with Crippen LogP contribution in [-0.2, 0) is 0 Å². The van der Waals surface area contributed by atoms with Crippen LogP contribution in [0.1, 0.15) is 21.6 Å². The maximum Gasteiger partial charge on any atom is 0.273 e. The fraction of sp³-hybridized carbons (Fsp3) is 0.111. The topological polar surface area (TPSA) is 57.8 Å². The van der Waals surface area contributed by atoms with E-state index in [9.17, 15) is 4.79 Å². The zero-order valence-electron chi connectivity index (χ0n) is 12.6. The average molecular weight is 291 g/mol. The molecule has 0 atom stereocenters. The molecule has 0 fully saturated rings. The number of amides is 1. The fourth-order valence-corrected chi connectivity index (χ4v) is 2.27. The minimum atomic E-state index is -0.191. The van der Waals surface area contributed by atoms with Crippen molar-refractivity contribution < 1.29 is 4.79 Å². The maximum absolute atomic E-state index is 12.3. The number of nitrogens with zero attached hydrogens (tertiary/aromatic N) is 1. The van der Waals surface area contributed by atoms with Crippen LogP contribution < -0.4 is 5.32 Å². The molecule has 0 unspecified atom stereocenters. The van der Waals surface area contributed by atoms with E-state index in [1.165, 1.54) is 0 Å². The van der Waals surface area contributed by atoms with Crippen molar-refractivity contribution in [2.45, 2.75) is 13.8 Å². The summed E-state index contributed by atoms with van der Waals surface area (Å²) in [4.78, 5) is 12.3. The lowest BCUT2D eigenvalue weighted by atomic mass is 10.1. The van der Waals surface area contributed by atoms with Crippen LogP contribution in [0, 0.1) is 13.8 Å². The second-order valence-corrected chi connectivity index (χ2v) is 5.23. The second-order valence-electron chi connectivity index (χ2n) is 5.23. The molecule has 1 amide bonds. The Morgan fingerprint density at radius 1 is 1.05 bits per heavy atom. The number of aryl methyl sites for hydroxylation is 1. The molecule has 0 aliphatic heterocycles. The summed E-state index contributed by atoms with van der Waals surface area (Å²) in [5.41, 5.74) is 5.21. The molecule has 0 saturated heterocycles. The number of aromatic amines is 1. The van der Waals surface area contributed by atoms with E-state index in [1.54, 1.807) is 6.07 Å². The van der Waals surface area contributed by atoms with Crippen LogP contribution in [0.4, 0.5) is 5.69 Å². The predicted molar refractivity (Wildman–Crippen MR) is 87.9 cm³/mol. The summed E-state index contributed by atoms with van der Waals surface area (Å²) < 4.78 is 0. The van der Waals surface area contributed by atoms with E-state index in [4.69, 9.17) is 0 Å². The number of hydrogen-bond acceptors (Lipinski definition) is 2. The van der Waals surface area contributed by atoms with Crippen molar-refractivity contribution in [3.8, 4) is 11.3 Å². The van der Waals surface area contributed by atoms with Gasteiger partial charge in [0.1, 0.15) is 5.69 Å². The molecule has 2 aromatic carbocycles. The first-order chi connectivity index (χ1) is 10.6. The lowest BCUT2D eigenvalue weighted by Crippen LogP contribution is -2.13. The molecule has 0 aliphatic rings. The molecular formula is C18H17N3O. The molecule has 3 aromatic rings. The summed E-state index contributed by atoms with van der Waals surface area (Å²) in [6.45, 7) is 4.02. The van der Waals surface area contributed by atoms with E-state index in [0.717, 1.165) is 28.1 Å². The molecule has 0 radical (unpaired) electrons. The number of aromatic nitrogens is 2. The Labute approximate surface area is 129 Å². The smallest absolute Gasteiger partial charge is 0.273 e. The van der Waals surface area contributed by atoms with E-state index in [-0.39, 0.29) is 5.91 Å². The maximum atomic E-state index is 12.3. The molecule has 0 spiro atoms. The van der Waals surface area contributed by atoms with E-state index < -0.39 is 0 Å². The Morgan fingerprint density at radius 3 is 2.59 bits per heavy atom. The van der Waals surface area contributed by atoms with Crippen molar-refractivity contribution in [2.24, 2.45) is 0 Å². The lowest BCUT2D eigenvalue weighted by molar-refractivity contribution is 0.102. The standard InChI is InChI=1S/C18H17N3O/c1-12-7-6-10-15(13(12)2)19-18(22)17-11-16(20-21-17)14-8-4-3-5-9-14/h3-11H,1-2H3,(H,19,22)(H,20,21). The number of carbonyl (C=O) groups is 1. The third-order valence-electron chi connectivity index (χ3n) is 3.74. The van der Waals surface area contributed by atoms with E-state index in [2.05, 4.69) is 15.5 Å². The Balaban J connectivity index is 1.82. The number of rotatable bonds is 3. The van der Waals surface area contributed by atoms with Crippen molar-refractivity contribution >= 4 is 11.6 Å². The van der Waals surface area contributed by atoms with E-state index in [0.29, 0.717) is 5.69 Å². The van der Waals surface area contributed by atoms with Gasteiger partial charge in [0, 0.05) is 11.3 Å². The fourth-order valence-electron chi connectivity index (χ4n) is 2.27. The van der Waals surface area contributed by atoms with Gasteiger partial charge in [-0.25, -0.2) is 0 Å². The van der Waals surface area contributed by atoms with Gasteiger partial charge in [0.05, 0.1) is 5.69 Å². The normalized spacial score (nSPS) is 10.5. The monoisotopic (exact) mass is 291 g/mol. The van der Waals surface area contributed by atoms with Crippen molar-refractivity contribution in [3.05, 3.63) is 71.4 Å². The van der Waals surface area contributed by atoms with Crippen molar-refractivity contribution in [1.29, 1.82) is 0 Å². The highest BCUT2D eigenvalue weighted by Gasteiger charge is 2.12. The first-order valence-corrected chi connectivity index (χ1v) is 7.13. The molecule has 3 rings (SSSR count). The van der Waals surface area contributed by atoms with Gasteiger partial charge in [-0.05, 0) is 37.1 Å². The van der Waals surface area contributed by atoms with Gasteiger partial charge in [-0.2, -0.15) is 5.10 Å². The molecule has 0 aliphatic carbocycles. The molecule has 110 valence electrons. The van der Waals surface area contributed by atoms with Crippen LogP contribution in [0.15, 0.2) is 54.6 Å². The first kappa shape index (κ1) is 14.1. The summed E-state index contributed by atoms with van der Waals surface area (Å²) >= 11 is 0. The molecule has 2 N–H and O–H groups in total. The highest BCUT2D eigenvalue weighted by Crippen LogP contribution is 2.20. The molecule has 4 nitrogen and oxygen atoms in total. The Bertz CT molecular complexity index is 806. The number of H-pyrrole nitrogens is 1. The minimum Gasteiger partial charge on any atom is -0.320 e. The highest BCUT2D eigenvalue weighted by atomic mass is 16.1. The first-order valence-electron chi connectivity index (χ1n) is 7.13. The van der Waals surface area contributed by atoms with Gasteiger partial charge in [-0.1, -0.05) is 42.5 Å². The van der Waals surface area contributed by atoms with Gasteiger partial charge in [0.25, 0.3) is 5.91 Å². The predicted octanol–water partition coefficient (Wildman–Crippen LogP) is 3.95. The van der Waals surface area contributed by atoms with Crippen LogP contribution in [0.3, 0.4) is 0 Å². The summed E-state index contributed by atoms with van der Waals surface area (Å²) in [6.07, 6.45) is 0. The van der Waals surface area contributed by atoms with Gasteiger partial charge < -0.3 is 5.32 Å². The van der Waals surface area contributed by atoms with Crippen molar-refractivity contribution in [2.75, 3.05) is 5.32 Å². The number of hydrogen-bond donors (Lipinski definition) is 2. The minimum absolute atomic E-state index is 0.191. The van der Waals surface area contributed by atoms with Crippen molar-refractivity contribution in [1.82, 2.24) is 10.2 Å². The largest absolute Gasteiger partial charge is 0.320 e. The SMILES string of the molecule is Cc1cccc(NC(=O)c2cc(-c3ccccc3)n[nH]2)c1C. The molecule has 4 heteroatoms. The zero-order chi connectivity index (χ0) is 15.5. The molecule has 1 aromatic heterocycles. The Hall–Kier alpha value is -2.88. The second kappa shape index (κ2) is 5.85. The quantitative estimate of drug-likeness (QED) is 0.767. The molecule has 0 saturated carbocycles.